The predicted octanol–water partition coefficient (Wildman–Crippen LogP) is 4.66. The number of benzene rings is 2. The van der Waals surface area contributed by atoms with Gasteiger partial charge in [0.1, 0.15) is 5.69 Å². The van der Waals surface area contributed by atoms with Crippen LogP contribution in [0.3, 0.4) is 0 Å². The Morgan fingerprint density at radius 3 is 2.38 bits per heavy atom. The highest BCUT2D eigenvalue weighted by molar-refractivity contribution is 5.68. The van der Waals surface area contributed by atoms with E-state index in [0.29, 0.717) is 6.42 Å². The van der Waals surface area contributed by atoms with Crippen LogP contribution in [0.4, 0.5) is 17.1 Å². The van der Waals surface area contributed by atoms with E-state index in [1.807, 2.05) is 18.2 Å². The van der Waals surface area contributed by atoms with Crippen molar-refractivity contribution in [2.24, 2.45) is 5.10 Å². The fourth-order valence-corrected chi connectivity index (χ4v) is 2.55. The van der Waals surface area contributed by atoms with E-state index in [2.05, 4.69) is 36.5 Å². The van der Waals surface area contributed by atoms with Crippen LogP contribution in [0.2, 0.25) is 0 Å². The van der Waals surface area contributed by atoms with Crippen LogP contribution in [0.5, 0.6) is 0 Å². The quantitative estimate of drug-likeness (QED) is 0.420. The Labute approximate surface area is 150 Å². The SMILES string of the molecule is CC[C@@](C)(C/C=N/Nc1ccc([N+](=O)[O-])cc1[N+](=O)[O-])c1ccccc1. The van der Waals surface area contributed by atoms with Gasteiger partial charge in [-0.2, -0.15) is 5.10 Å². The van der Waals surface area contributed by atoms with Crippen LogP contribution in [-0.4, -0.2) is 16.1 Å². The van der Waals surface area contributed by atoms with Crippen molar-refractivity contribution in [3.8, 4) is 0 Å². The molecule has 0 heterocycles. The maximum Gasteiger partial charge on any atom is 0.301 e. The second-order valence-electron chi connectivity index (χ2n) is 6.12. The summed E-state index contributed by atoms with van der Waals surface area (Å²) in [6, 6.07) is 13.4. The molecule has 1 atom stereocenters. The second-order valence-corrected chi connectivity index (χ2v) is 6.12. The number of non-ortho nitro benzene ring substituents is 1. The standard InChI is InChI=1S/C18H20N4O4/c1-3-18(2,14-7-5-4-6-8-14)11-12-19-20-16-10-9-15(21(23)24)13-17(16)22(25)26/h4-10,12-13,20H,3,11H2,1-2H3/b19-12+/t18-/m0/s1. The molecular weight excluding hydrogens is 336 g/mol. The fourth-order valence-electron chi connectivity index (χ4n) is 2.55. The van der Waals surface area contributed by atoms with Crippen LogP contribution in [0.1, 0.15) is 32.3 Å². The average Bonchev–Trinajstić information content (AvgIpc) is 2.65. The molecule has 26 heavy (non-hydrogen) atoms. The van der Waals surface area contributed by atoms with Crippen molar-refractivity contribution < 1.29 is 9.85 Å². The summed E-state index contributed by atoms with van der Waals surface area (Å²) < 4.78 is 0. The minimum Gasteiger partial charge on any atom is -0.272 e. The van der Waals surface area contributed by atoms with Gasteiger partial charge in [-0.3, -0.25) is 25.7 Å². The molecule has 0 aromatic heterocycles. The Morgan fingerprint density at radius 1 is 1.12 bits per heavy atom. The lowest BCUT2D eigenvalue weighted by molar-refractivity contribution is -0.393. The van der Waals surface area contributed by atoms with E-state index in [4.69, 9.17) is 0 Å². The molecule has 0 saturated heterocycles. The van der Waals surface area contributed by atoms with Gasteiger partial charge >= 0.3 is 5.69 Å². The van der Waals surface area contributed by atoms with Crippen LogP contribution in [-0.2, 0) is 5.41 Å². The Bertz CT molecular complexity index is 823. The van der Waals surface area contributed by atoms with E-state index < -0.39 is 15.5 Å². The molecule has 0 bridgehead atoms. The molecule has 8 heteroatoms. The summed E-state index contributed by atoms with van der Waals surface area (Å²) in [4.78, 5) is 20.5. The third-order valence-electron chi connectivity index (χ3n) is 4.46. The van der Waals surface area contributed by atoms with E-state index in [1.54, 1.807) is 6.21 Å². The number of nitro benzene ring substituents is 2. The van der Waals surface area contributed by atoms with Gasteiger partial charge in [0.05, 0.1) is 15.9 Å². The molecule has 8 nitrogen and oxygen atoms in total. The van der Waals surface area contributed by atoms with Crippen LogP contribution in [0, 0.1) is 20.2 Å². The second kappa shape index (κ2) is 8.19. The summed E-state index contributed by atoms with van der Waals surface area (Å²) in [5.41, 5.74) is 3.08. The lowest BCUT2D eigenvalue weighted by atomic mass is 9.78. The molecule has 0 radical (unpaired) electrons. The fraction of sp³-hybridized carbons (Fsp3) is 0.278. The molecule has 2 rings (SSSR count). The van der Waals surface area contributed by atoms with E-state index in [9.17, 15) is 20.2 Å². The molecule has 2 aromatic rings. The number of nitrogens with zero attached hydrogens (tertiary/aromatic N) is 3. The predicted molar refractivity (Wildman–Crippen MR) is 101 cm³/mol. The smallest absolute Gasteiger partial charge is 0.272 e. The number of nitrogens with one attached hydrogen (secondary N) is 1. The van der Waals surface area contributed by atoms with Crippen molar-refractivity contribution in [2.75, 3.05) is 5.43 Å². The Kier molecular flexibility index (Phi) is 6.00. The van der Waals surface area contributed by atoms with Crippen LogP contribution >= 0.6 is 0 Å². The minimum atomic E-state index is -0.676. The van der Waals surface area contributed by atoms with Crippen molar-refractivity contribution >= 4 is 23.3 Å². The monoisotopic (exact) mass is 356 g/mol. The molecule has 1 N–H and O–H groups in total. The Morgan fingerprint density at radius 2 is 1.81 bits per heavy atom. The van der Waals surface area contributed by atoms with Gasteiger partial charge in [-0.05, 0) is 29.9 Å². The molecule has 0 unspecified atom stereocenters. The molecule has 0 fully saturated rings. The van der Waals surface area contributed by atoms with E-state index in [-0.39, 0.29) is 16.8 Å². The number of rotatable bonds is 8. The molecule has 2 aromatic carbocycles. The first kappa shape index (κ1) is 19.0. The average molecular weight is 356 g/mol. The normalized spacial score (nSPS) is 13.3. The van der Waals surface area contributed by atoms with Gasteiger partial charge in [0.2, 0.25) is 0 Å². The van der Waals surface area contributed by atoms with Gasteiger partial charge in [-0.25, -0.2) is 0 Å². The topological polar surface area (TPSA) is 111 Å². The summed E-state index contributed by atoms with van der Waals surface area (Å²) in [5, 5.41) is 25.9. The molecule has 136 valence electrons. The van der Waals surface area contributed by atoms with Crippen molar-refractivity contribution in [3.05, 3.63) is 74.3 Å². The highest BCUT2D eigenvalue weighted by atomic mass is 16.6. The van der Waals surface area contributed by atoms with Gasteiger partial charge in [-0.1, -0.05) is 44.2 Å². The van der Waals surface area contributed by atoms with Crippen molar-refractivity contribution in [2.45, 2.75) is 32.1 Å². The summed E-state index contributed by atoms with van der Waals surface area (Å²) in [5.74, 6) is 0. The molecule has 0 aliphatic carbocycles. The van der Waals surface area contributed by atoms with E-state index in [0.717, 1.165) is 12.5 Å². The van der Waals surface area contributed by atoms with E-state index >= 15 is 0 Å². The number of anilines is 1. The number of hydrogen-bond donors (Lipinski definition) is 1. The zero-order chi connectivity index (χ0) is 19.2. The van der Waals surface area contributed by atoms with Gasteiger partial charge in [0, 0.05) is 12.3 Å². The third kappa shape index (κ3) is 4.41. The maximum absolute atomic E-state index is 11.1. The highest BCUT2D eigenvalue weighted by Crippen LogP contribution is 2.31. The summed E-state index contributed by atoms with van der Waals surface area (Å²) >= 11 is 0. The van der Waals surface area contributed by atoms with E-state index in [1.165, 1.54) is 17.7 Å². The number of nitro groups is 2. The molecule has 0 aliphatic heterocycles. The molecule has 0 amide bonds. The van der Waals surface area contributed by atoms with Gasteiger partial charge in [-0.15, -0.1) is 0 Å². The Balaban J connectivity index is 2.13. The first-order valence-electron chi connectivity index (χ1n) is 8.13. The van der Waals surface area contributed by atoms with Crippen molar-refractivity contribution in [3.63, 3.8) is 0 Å². The lowest BCUT2D eigenvalue weighted by Gasteiger charge is -2.27. The first-order chi connectivity index (χ1) is 12.4. The highest BCUT2D eigenvalue weighted by Gasteiger charge is 2.23. The van der Waals surface area contributed by atoms with Gasteiger partial charge < -0.3 is 0 Å². The summed E-state index contributed by atoms with van der Waals surface area (Å²) in [6.07, 6.45) is 3.21. The lowest BCUT2D eigenvalue weighted by Crippen LogP contribution is -2.21. The molecule has 0 spiro atoms. The maximum atomic E-state index is 11.1. The Hall–Kier alpha value is -3.29. The van der Waals surface area contributed by atoms with Crippen LogP contribution in [0.15, 0.2) is 53.6 Å². The zero-order valence-electron chi connectivity index (χ0n) is 14.6. The van der Waals surface area contributed by atoms with Crippen molar-refractivity contribution in [1.82, 2.24) is 0 Å². The molecule has 0 aliphatic rings. The zero-order valence-corrected chi connectivity index (χ0v) is 14.6. The largest absolute Gasteiger partial charge is 0.301 e. The summed E-state index contributed by atoms with van der Waals surface area (Å²) in [6.45, 7) is 4.22. The van der Waals surface area contributed by atoms with Crippen molar-refractivity contribution in [1.29, 1.82) is 0 Å². The number of hydrogen-bond acceptors (Lipinski definition) is 6. The molecule has 0 saturated carbocycles. The van der Waals surface area contributed by atoms with Crippen LogP contribution < -0.4 is 5.43 Å². The third-order valence-corrected chi connectivity index (χ3v) is 4.46. The summed E-state index contributed by atoms with van der Waals surface area (Å²) in [7, 11) is 0. The first-order valence-corrected chi connectivity index (χ1v) is 8.13. The minimum absolute atomic E-state index is 0.103. The number of hydrazone groups is 1. The van der Waals surface area contributed by atoms with Gasteiger partial charge in [0.15, 0.2) is 0 Å². The van der Waals surface area contributed by atoms with Gasteiger partial charge in [0.25, 0.3) is 5.69 Å². The van der Waals surface area contributed by atoms with Crippen LogP contribution in [0.25, 0.3) is 0 Å². The molecular formula is C18H20N4O4.